The molecule has 0 aliphatic heterocycles. The number of aliphatic hydroxyl groups excluding tert-OH is 2. The first-order chi connectivity index (χ1) is 11.1. The monoisotopic (exact) mass is 339 g/mol. The smallest absolute Gasteiger partial charge is 0.133 e. The first-order valence-corrected chi connectivity index (χ1v) is 9.05. The lowest BCUT2D eigenvalue weighted by molar-refractivity contribution is -0.151. The highest BCUT2D eigenvalue weighted by Gasteiger charge is 2.70. The minimum Gasteiger partial charge on any atom is -0.512 e. The molecule has 8 atom stereocenters. The van der Waals surface area contributed by atoms with Crippen LogP contribution in [0.1, 0.15) is 46.0 Å². The maximum Gasteiger partial charge on any atom is 0.133 e. The summed E-state index contributed by atoms with van der Waals surface area (Å²) >= 11 is 0. The third-order valence-electron chi connectivity index (χ3n) is 8.03. The predicted molar refractivity (Wildman–Crippen MR) is 87.5 cm³/mol. The first kappa shape index (κ1) is 16.5. The summed E-state index contributed by atoms with van der Waals surface area (Å²) in [6, 6.07) is -0.000975. The Labute approximate surface area is 141 Å². The molecule has 4 N–H and O–H groups in total. The molecule has 0 amide bonds. The van der Waals surface area contributed by atoms with E-state index in [9.17, 15) is 14.6 Å². The standard InChI is InChI=1S/C19H27F2NO2/c1-17-5-6-19(21)16(12(17)3-4-15(17)22)13(24)8-10-7-11(23)9-14(20)18(10,19)2/h8-12,15-16,23-24H,3-7,22H2,1-2H3/t10?,11-,12-,15-,16+,17-,18+,19+/m0/s1. The van der Waals surface area contributed by atoms with Gasteiger partial charge in [-0.15, -0.1) is 0 Å². The van der Waals surface area contributed by atoms with Crippen molar-refractivity contribution in [2.24, 2.45) is 34.3 Å². The molecule has 1 unspecified atom stereocenters. The summed E-state index contributed by atoms with van der Waals surface area (Å²) in [4.78, 5) is 0. The van der Waals surface area contributed by atoms with Gasteiger partial charge in [-0.05, 0) is 68.4 Å². The van der Waals surface area contributed by atoms with Crippen LogP contribution in [0.25, 0.3) is 0 Å². The summed E-state index contributed by atoms with van der Waals surface area (Å²) in [5.74, 6) is -1.85. The maximum atomic E-state index is 16.5. The molecule has 134 valence electrons. The van der Waals surface area contributed by atoms with E-state index in [4.69, 9.17) is 5.73 Å². The molecular weight excluding hydrogens is 312 g/mol. The van der Waals surface area contributed by atoms with Crippen molar-refractivity contribution in [3.05, 3.63) is 23.7 Å². The van der Waals surface area contributed by atoms with E-state index in [1.54, 1.807) is 13.0 Å². The Hall–Kier alpha value is -0.940. The van der Waals surface area contributed by atoms with Crippen molar-refractivity contribution >= 4 is 0 Å². The van der Waals surface area contributed by atoms with Crippen molar-refractivity contribution < 1.29 is 19.0 Å². The Morgan fingerprint density at radius 3 is 2.62 bits per heavy atom. The largest absolute Gasteiger partial charge is 0.512 e. The van der Waals surface area contributed by atoms with Crippen LogP contribution in [0, 0.1) is 28.6 Å². The molecule has 2 saturated carbocycles. The highest BCUT2D eigenvalue weighted by Crippen LogP contribution is 2.69. The zero-order chi connectivity index (χ0) is 17.5. The molecule has 2 fully saturated rings. The van der Waals surface area contributed by atoms with Gasteiger partial charge < -0.3 is 15.9 Å². The third-order valence-corrected chi connectivity index (χ3v) is 8.03. The lowest BCUT2D eigenvalue weighted by atomic mass is 9.46. The summed E-state index contributed by atoms with van der Waals surface area (Å²) in [6.45, 7) is 3.72. The molecule has 4 rings (SSSR count). The minimum atomic E-state index is -1.84. The van der Waals surface area contributed by atoms with Gasteiger partial charge in [0.05, 0.1) is 23.2 Å². The molecule has 3 nitrogen and oxygen atoms in total. The van der Waals surface area contributed by atoms with E-state index in [0.717, 1.165) is 18.9 Å². The fourth-order valence-corrected chi connectivity index (χ4v) is 6.29. The van der Waals surface area contributed by atoms with Crippen LogP contribution in [0.5, 0.6) is 0 Å². The summed E-state index contributed by atoms with van der Waals surface area (Å²) in [7, 11) is 0. The number of rotatable bonds is 0. The second-order valence-corrected chi connectivity index (χ2v) is 8.85. The number of fused-ring (bicyclic) bond motifs is 5. The number of allylic oxidation sites excluding steroid dienone is 3. The molecule has 0 saturated heterocycles. The molecule has 0 aromatic carbocycles. The molecule has 4 aliphatic carbocycles. The van der Waals surface area contributed by atoms with Crippen molar-refractivity contribution in [3.63, 3.8) is 0 Å². The molecular formula is C19H27F2NO2. The average Bonchev–Trinajstić information content (AvgIpc) is 2.79. The van der Waals surface area contributed by atoms with Crippen LogP contribution >= 0.6 is 0 Å². The number of nitrogens with two attached hydrogens (primary N) is 1. The van der Waals surface area contributed by atoms with E-state index in [-0.39, 0.29) is 36.0 Å². The molecule has 0 bridgehead atoms. The van der Waals surface area contributed by atoms with Crippen molar-refractivity contribution in [1.29, 1.82) is 0 Å². The van der Waals surface area contributed by atoms with Crippen molar-refractivity contribution in [1.82, 2.24) is 0 Å². The average molecular weight is 339 g/mol. The van der Waals surface area contributed by atoms with E-state index in [2.05, 4.69) is 6.92 Å². The maximum absolute atomic E-state index is 16.5. The predicted octanol–water partition coefficient (Wildman–Crippen LogP) is 3.54. The molecule has 0 spiro atoms. The normalized spacial score (nSPS) is 56.7. The lowest BCUT2D eigenvalue weighted by Gasteiger charge is -2.60. The SMILES string of the molecule is C[C@]12CC[C@@]3(F)[C@@H](C(O)=CC4C[C@H](O)C=C(F)[C@@]43C)[C@@H]1CC[C@@H]2N. The highest BCUT2D eigenvalue weighted by molar-refractivity contribution is 5.34. The molecule has 0 aromatic rings. The molecule has 24 heavy (non-hydrogen) atoms. The van der Waals surface area contributed by atoms with Gasteiger partial charge in [-0.2, -0.15) is 0 Å². The first-order valence-electron chi connectivity index (χ1n) is 9.05. The van der Waals surface area contributed by atoms with Gasteiger partial charge in [0.15, 0.2) is 0 Å². The van der Waals surface area contributed by atoms with Gasteiger partial charge in [0, 0.05) is 6.04 Å². The second-order valence-electron chi connectivity index (χ2n) is 8.85. The van der Waals surface area contributed by atoms with Gasteiger partial charge in [0.2, 0.25) is 0 Å². The number of aliphatic hydroxyl groups is 2. The van der Waals surface area contributed by atoms with Gasteiger partial charge in [0.25, 0.3) is 0 Å². The van der Waals surface area contributed by atoms with Crippen LogP contribution < -0.4 is 5.73 Å². The van der Waals surface area contributed by atoms with E-state index in [0.29, 0.717) is 6.42 Å². The van der Waals surface area contributed by atoms with E-state index in [1.165, 1.54) is 0 Å². The van der Waals surface area contributed by atoms with Crippen LogP contribution in [0.2, 0.25) is 0 Å². The Kier molecular flexibility index (Phi) is 3.32. The lowest BCUT2D eigenvalue weighted by Crippen LogP contribution is -2.63. The number of hydrogen-bond donors (Lipinski definition) is 3. The molecule has 0 heterocycles. The van der Waals surface area contributed by atoms with Gasteiger partial charge in [-0.3, -0.25) is 0 Å². The molecule has 0 aromatic heterocycles. The summed E-state index contributed by atoms with van der Waals surface area (Å²) < 4.78 is 31.4. The van der Waals surface area contributed by atoms with Crippen LogP contribution in [-0.2, 0) is 0 Å². The summed E-state index contributed by atoms with van der Waals surface area (Å²) in [6.07, 6.45) is 4.46. The zero-order valence-electron chi connectivity index (χ0n) is 14.3. The fraction of sp³-hybridized carbons (Fsp3) is 0.789. The number of alkyl halides is 1. The summed E-state index contributed by atoms with van der Waals surface area (Å²) in [5.41, 5.74) is 2.93. The zero-order valence-corrected chi connectivity index (χ0v) is 14.3. The number of hydrogen-bond acceptors (Lipinski definition) is 3. The summed E-state index contributed by atoms with van der Waals surface area (Å²) in [5, 5.41) is 20.6. The van der Waals surface area contributed by atoms with Crippen LogP contribution in [0.4, 0.5) is 8.78 Å². The number of halogens is 2. The van der Waals surface area contributed by atoms with E-state index < -0.39 is 34.9 Å². The van der Waals surface area contributed by atoms with Crippen molar-refractivity contribution in [3.8, 4) is 0 Å². The van der Waals surface area contributed by atoms with Gasteiger partial charge in [-0.25, -0.2) is 8.78 Å². The Morgan fingerprint density at radius 1 is 1.21 bits per heavy atom. The van der Waals surface area contributed by atoms with Crippen LogP contribution in [0.15, 0.2) is 23.7 Å². The molecule has 5 heteroatoms. The topological polar surface area (TPSA) is 66.5 Å². The van der Waals surface area contributed by atoms with E-state index in [1.807, 2.05) is 0 Å². The van der Waals surface area contributed by atoms with Gasteiger partial charge in [-0.1, -0.05) is 6.92 Å². The minimum absolute atomic E-state index is 0.000975. The van der Waals surface area contributed by atoms with Gasteiger partial charge >= 0.3 is 0 Å². The van der Waals surface area contributed by atoms with Crippen LogP contribution in [-0.4, -0.2) is 28.0 Å². The van der Waals surface area contributed by atoms with Crippen molar-refractivity contribution in [2.45, 2.75) is 63.8 Å². The fourth-order valence-electron chi connectivity index (χ4n) is 6.29. The molecule has 4 aliphatic rings. The third kappa shape index (κ3) is 1.73. The Balaban J connectivity index is 1.87. The Morgan fingerprint density at radius 2 is 1.92 bits per heavy atom. The van der Waals surface area contributed by atoms with Crippen LogP contribution in [0.3, 0.4) is 0 Å². The molecule has 0 radical (unpaired) electrons. The Bertz CT molecular complexity index is 635. The quantitative estimate of drug-likeness (QED) is 0.632. The van der Waals surface area contributed by atoms with Crippen molar-refractivity contribution in [2.75, 3.05) is 0 Å². The van der Waals surface area contributed by atoms with Gasteiger partial charge in [0.1, 0.15) is 11.5 Å². The highest BCUT2D eigenvalue weighted by atomic mass is 19.2. The second kappa shape index (κ2) is 4.82. The van der Waals surface area contributed by atoms with E-state index >= 15 is 4.39 Å².